The minimum Gasteiger partial charge on any atom is -0.493 e. The van der Waals surface area contributed by atoms with E-state index in [9.17, 15) is 4.79 Å². The highest BCUT2D eigenvalue weighted by Gasteiger charge is 2.10. The normalized spacial score (nSPS) is 10.4. The van der Waals surface area contributed by atoms with Crippen LogP contribution in [0.2, 0.25) is 0 Å². The Balaban J connectivity index is 1.72. The first-order valence-corrected chi connectivity index (χ1v) is 7.69. The van der Waals surface area contributed by atoms with Crippen LogP contribution in [0.1, 0.15) is 10.4 Å². The van der Waals surface area contributed by atoms with Crippen molar-refractivity contribution in [3.63, 3.8) is 0 Å². The summed E-state index contributed by atoms with van der Waals surface area (Å²) in [7, 11) is 3.13. The molecule has 0 aliphatic heterocycles. The van der Waals surface area contributed by atoms with Crippen molar-refractivity contribution in [1.29, 1.82) is 0 Å². The minimum absolute atomic E-state index is 0.0101. The molecule has 4 nitrogen and oxygen atoms in total. The molecule has 0 saturated carbocycles. The number of methoxy groups -OCH3 is 2. The van der Waals surface area contributed by atoms with Crippen molar-refractivity contribution in [3.8, 4) is 11.5 Å². The number of ether oxygens (including phenoxy) is 2. The van der Waals surface area contributed by atoms with E-state index in [1.54, 1.807) is 32.4 Å². The molecule has 24 heavy (non-hydrogen) atoms. The lowest BCUT2D eigenvalue weighted by molar-refractivity contribution is 0.101. The molecule has 4 heteroatoms. The maximum Gasteiger partial charge on any atom is 0.181 e. The summed E-state index contributed by atoms with van der Waals surface area (Å²) in [5, 5.41) is 5.49. The van der Waals surface area contributed by atoms with E-state index in [-0.39, 0.29) is 12.3 Å². The van der Waals surface area contributed by atoms with Gasteiger partial charge in [0.25, 0.3) is 0 Å². The van der Waals surface area contributed by atoms with Gasteiger partial charge in [-0.2, -0.15) is 0 Å². The van der Waals surface area contributed by atoms with Crippen molar-refractivity contribution in [2.24, 2.45) is 0 Å². The van der Waals surface area contributed by atoms with Crippen molar-refractivity contribution < 1.29 is 14.3 Å². The van der Waals surface area contributed by atoms with Gasteiger partial charge in [0.1, 0.15) is 0 Å². The minimum atomic E-state index is -0.0101. The molecule has 3 rings (SSSR count). The number of carbonyl (C=O) groups is 1. The molecule has 122 valence electrons. The molecule has 3 aromatic carbocycles. The molecule has 0 bridgehead atoms. The molecule has 0 aliphatic carbocycles. The molecular weight excluding hydrogens is 302 g/mol. The lowest BCUT2D eigenvalue weighted by Crippen LogP contribution is -2.14. The van der Waals surface area contributed by atoms with Crippen molar-refractivity contribution in [2.45, 2.75) is 0 Å². The smallest absolute Gasteiger partial charge is 0.181 e. The number of fused-ring (bicyclic) bond motifs is 1. The van der Waals surface area contributed by atoms with Gasteiger partial charge in [-0.3, -0.25) is 4.79 Å². The zero-order valence-electron chi connectivity index (χ0n) is 13.7. The molecule has 0 aliphatic rings. The maximum absolute atomic E-state index is 12.4. The molecule has 0 radical (unpaired) electrons. The summed E-state index contributed by atoms with van der Waals surface area (Å²) in [6.45, 7) is 0.216. The fourth-order valence-electron chi connectivity index (χ4n) is 2.59. The zero-order chi connectivity index (χ0) is 16.9. The molecule has 0 saturated heterocycles. The number of carbonyl (C=O) groups excluding carboxylic acids is 1. The van der Waals surface area contributed by atoms with Gasteiger partial charge in [-0.1, -0.05) is 30.3 Å². The van der Waals surface area contributed by atoms with Gasteiger partial charge in [-0.05, 0) is 41.1 Å². The molecule has 0 fully saturated rings. The number of benzene rings is 3. The number of anilines is 1. The average Bonchev–Trinajstić information content (AvgIpc) is 2.65. The van der Waals surface area contributed by atoms with E-state index in [0.717, 1.165) is 11.1 Å². The third kappa shape index (κ3) is 3.33. The third-order valence-corrected chi connectivity index (χ3v) is 3.91. The van der Waals surface area contributed by atoms with E-state index in [2.05, 4.69) is 17.4 Å². The van der Waals surface area contributed by atoms with E-state index in [1.807, 2.05) is 30.3 Å². The van der Waals surface area contributed by atoms with Crippen molar-refractivity contribution in [3.05, 3.63) is 66.2 Å². The van der Waals surface area contributed by atoms with Crippen LogP contribution in [0.3, 0.4) is 0 Å². The van der Waals surface area contributed by atoms with E-state index in [0.29, 0.717) is 17.1 Å². The predicted molar refractivity (Wildman–Crippen MR) is 96.3 cm³/mol. The van der Waals surface area contributed by atoms with E-state index in [4.69, 9.17) is 9.47 Å². The molecule has 0 amide bonds. The molecule has 3 aromatic rings. The number of ketones is 1. The van der Waals surface area contributed by atoms with Gasteiger partial charge in [0.15, 0.2) is 17.3 Å². The molecule has 1 N–H and O–H groups in total. The summed E-state index contributed by atoms with van der Waals surface area (Å²) in [5.74, 6) is 1.15. The Kier molecular flexibility index (Phi) is 4.66. The highest BCUT2D eigenvalue weighted by atomic mass is 16.5. The quantitative estimate of drug-likeness (QED) is 0.693. The van der Waals surface area contributed by atoms with Crippen molar-refractivity contribution in [1.82, 2.24) is 0 Å². The molecular formula is C20H19NO3. The first-order chi connectivity index (χ1) is 11.7. The highest BCUT2D eigenvalue weighted by molar-refractivity contribution is 5.99. The first kappa shape index (κ1) is 15.9. The van der Waals surface area contributed by atoms with Gasteiger partial charge in [-0.15, -0.1) is 0 Å². The fourth-order valence-corrected chi connectivity index (χ4v) is 2.59. The lowest BCUT2D eigenvalue weighted by Gasteiger charge is -2.10. The van der Waals surface area contributed by atoms with Gasteiger partial charge in [0.2, 0.25) is 0 Å². The lowest BCUT2D eigenvalue weighted by atomic mass is 10.1. The molecule has 0 aromatic heterocycles. The van der Waals surface area contributed by atoms with Gasteiger partial charge >= 0.3 is 0 Å². The Labute approximate surface area is 141 Å². The number of hydrogen-bond donors (Lipinski definition) is 1. The monoisotopic (exact) mass is 321 g/mol. The molecule has 0 atom stereocenters. The van der Waals surface area contributed by atoms with Crippen LogP contribution < -0.4 is 14.8 Å². The van der Waals surface area contributed by atoms with Crippen LogP contribution in [0, 0.1) is 0 Å². The molecule has 0 spiro atoms. The van der Waals surface area contributed by atoms with Crippen LogP contribution in [0.5, 0.6) is 11.5 Å². The van der Waals surface area contributed by atoms with E-state index in [1.165, 1.54) is 5.39 Å². The van der Waals surface area contributed by atoms with Crippen LogP contribution in [0.4, 0.5) is 5.69 Å². The number of hydrogen-bond acceptors (Lipinski definition) is 4. The van der Waals surface area contributed by atoms with E-state index >= 15 is 0 Å². The number of rotatable bonds is 6. The van der Waals surface area contributed by atoms with Crippen LogP contribution >= 0.6 is 0 Å². The SMILES string of the molecule is COc1ccc(C(=O)CNc2ccc3ccccc3c2)cc1OC. The van der Waals surface area contributed by atoms with Crippen molar-refractivity contribution >= 4 is 22.2 Å². The Hall–Kier alpha value is -3.01. The summed E-state index contributed by atoms with van der Waals surface area (Å²) < 4.78 is 10.4. The largest absolute Gasteiger partial charge is 0.493 e. The Morgan fingerprint density at radius 3 is 2.38 bits per heavy atom. The second-order valence-electron chi connectivity index (χ2n) is 5.41. The fraction of sp³-hybridized carbons (Fsp3) is 0.150. The van der Waals surface area contributed by atoms with E-state index < -0.39 is 0 Å². The molecule has 0 unspecified atom stereocenters. The standard InChI is InChI=1S/C20H19NO3/c1-23-19-10-8-16(12-20(19)24-2)18(22)13-21-17-9-7-14-5-3-4-6-15(14)11-17/h3-12,21H,13H2,1-2H3. The maximum atomic E-state index is 12.4. The third-order valence-electron chi connectivity index (χ3n) is 3.91. The highest BCUT2D eigenvalue weighted by Crippen LogP contribution is 2.27. The summed E-state index contributed by atoms with van der Waals surface area (Å²) in [6.07, 6.45) is 0. The second-order valence-corrected chi connectivity index (χ2v) is 5.41. The Bertz CT molecular complexity index is 874. The zero-order valence-corrected chi connectivity index (χ0v) is 13.7. The van der Waals surface area contributed by atoms with Crippen LogP contribution in [-0.4, -0.2) is 26.5 Å². The second kappa shape index (κ2) is 7.04. The van der Waals surface area contributed by atoms with Gasteiger partial charge < -0.3 is 14.8 Å². The number of nitrogens with one attached hydrogen (secondary N) is 1. The summed E-state index contributed by atoms with van der Waals surface area (Å²) >= 11 is 0. The van der Waals surface area contributed by atoms with Gasteiger partial charge in [0.05, 0.1) is 20.8 Å². The molecule has 0 heterocycles. The van der Waals surface area contributed by atoms with Gasteiger partial charge in [0, 0.05) is 11.3 Å². The van der Waals surface area contributed by atoms with Crippen molar-refractivity contribution in [2.75, 3.05) is 26.1 Å². The summed E-state index contributed by atoms with van der Waals surface area (Å²) in [5.41, 5.74) is 1.50. The Morgan fingerprint density at radius 1 is 0.875 bits per heavy atom. The van der Waals surface area contributed by atoms with Gasteiger partial charge in [-0.25, -0.2) is 0 Å². The summed E-state index contributed by atoms with van der Waals surface area (Å²) in [6, 6.07) is 19.4. The number of Topliss-reactive ketones (excluding diaryl/α,β-unsaturated/α-hetero) is 1. The van der Waals surface area contributed by atoms with Crippen LogP contribution in [0.15, 0.2) is 60.7 Å². The topological polar surface area (TPSA) is 47.6 Å². The summed E-state index contributed by atoms with van der Waals surface area (Å²) in [4.78, 5) is 12.4. The van der Waals surface area contributed by atoms with Crippen LogP contribution in [0.25, 0.3) is 10.8 Å². The van der Waals surface area contributed by atoms with Crippen LogP contribution in [-0.2, 0) is 0 Å². The first-order valence-electron chi connectivity index (χ1n) is 7.69. The predicted octanol–water partition coefficient (Wildman–Crippen LogP) is 4.15. The average molecular weight is 321 g/mol. The Morgan fingerprint density at radius 2 is 1.62 bits per heavy atom.